The monoisotopic (exact) mass is 276 g/mol. The lowest BCUT2D eigenvalue weighted by Crippen LogP contribution is -2.53. The molecule has 2 N–H and O–H groups in total. The van der Waals surface area contributed by atoms with Gasteiger partial charge in [-0.25, -0.2) is 0 Å². The van der Waals surface area contributed by atoms with Crippen LogP contribution in [0.15, 0.2) is 30.3 Å². The molecule has 110 valence electrons. The van der Waals surface area contributed by atoms with Crippen LogP contribution >= 0.6 is 0 Å². The zero-order valence-corrected chi connectivity index (χ0v) is 12.3. The van der Waals surface area contributed by atoms with Gasteiger partial charge >= 0.3 is 0 Å². The first-order valence-corrected chi connectivity index (χ1v) is 7.28. The van der Waals surface area contributed by atoms with Crippen molar-refractivity contribution in [2.75, 3.05) is 19.7 Å². The fourth-order valence-corrected chi connectivity index (χ4v) is 2.61. The molecule has 1 aromatic rings. The van der Waals surface area contributed by atoms with Crippen molar-refractivity contribution in [2.24, 2.45) is 11.7 Å². The van der Waals surface area contributed by atoms with Crippen LogP contribution in [0.2, 0.25) is 0 Å². The Morgan fingerprint density at radius 1 is 1.40 bits per heavy atom. The van der Waals surface area contributed by atoms with E-state index in [4.69, 9.17) is 10.5 Å². The third-order valence-corrected chi connectivity index (χ3v) is 3.85. The second-order valence-electron chi connectivity index (χ2n) is 5.61. The molecule has 0 bridgehead atoms. The number of rotatable bonds is 4. The number of nitrogens with two attached hydrogens (primary N) is 1. The first-order valence-electron chi connectivity index (χ1n) is 7.28. The molecule has 2 rings (SSSR count). The van der Waals surface area contributed by atoms with Crippen LogP contribution in [0, 0.1) is 5.92 Å². The van der Waals surface area contributed by atoms with Crippen molar-refractivity contribution >= 4 is 5.91 Å². The first-order chi connectivity index (χ1) is 9.61. The molecule has 20 heavy (non-hydrogen) atoms. The topological polar surface area (TPSA) is 55.6 Å². The van der Waals surface area contributed by atoms with Crippen LogP contribution in [0.5, 0.6) is 0 Å². The summed E-state index contributed by atoms with van der Waals surface area (Å²) in [6.07, 6.45) is 0.805. The van der Waals surface area contributed by atoms with Gasteiger partial charge in [0.2, 0.25) is 5.91 Å². The average molecular weight is 276 g/mol. The van der Waals surface area contributed by atoms with Gasteiger partial charge in [0, 0.05) is 13.1 Å². The third kappa shape index (κ3) is 3.58. The minimum atomic E-state index is -0.148. The molecular formula is C16H24N2O2. The van der Waals surface area contributed by atoms with E-state index in [1.54, 1.807) is 0 Å². The molecule has 1 aromatic carbocycles. The summed E-state index contributed by atoms with van der Waals surface area (Å²) >= 11 is 0. The maximum Gasteiger partial charge on any atom is 0.227 e. The number of hydrogen-bond acceptors (Lipinski definition) is 3. The zero-order valence-electron chi connectivity index (χ0n) is 12.3. The van der Waals surface area contributed by atoms with Crippen LogP contribution in [-0.2, 0) is 16.0 Å². The van der Waals surface area contributed by atoms with E-state index in [-0.39, 0.29) is 24.0 Å². The molecule has 3 unspecified atom stereocenters. The molecular weight excluding hydrogens is 252 g/mol. The molecule has 3 atom stereocenters. The van der Waals surface area contributed by atoms with Crippen LogP contribution in [0.25, 0.3) is 0 Å². The van der Waals surface area contributed by atoms with E-state index in [9.17, 15) is 4.79 Å². The van der Waals surface area contributed by atoms with Gasteiger partial charge in [-0.1, -0.05) is 30.3 Å². The maximum absolute atomic E-state index is 12.7. The predicted molar refractivity (Wildman–Crippen MR) is 79.3 cm³/mol. The van der Waals surface area contributed by atoms with Crippen LogP contribution in [0.3, 0.4) is 0 Å². The van der Waals surface area contributed by atoms with Crippen molar-refractivity contribution in [1.29, 1.82) is 0 Å². The number of amides is 1. The van der Waals surface area contributed by atoms with Crippen LogP contribution in [0.1, 0.15) is 19.4 Å². The molecule has 0 aromatic heterocycles. The van der Waals surface area contributed by atoms with Crippen LogP contribution < -0.4 is 5.73 Å². The van der Waals surface area contributed by atoms with E-state index >= 15 is 0 Å². The van der Waals surface area contributed by atoms with Crippen molar-refractivity contribution in [3.05, 3.63) is 35.9 Å². The number of ether oxygens (including phenoxy) is 1. The largest absolute Gasteiger partial charge is 0.375 e. The average Bonchev–Trinajstić information content (AvgIpc) is 2.47. The molecule has 4 nitrogen and oxygen atoms in total. The van der Waals surface area contributed by atoms with Crippen molar-refractivity contribution in [3.63, 3.8) is 0 Å². The van der Waals surface area contributed by atoms with Gasteiger partial charge in [-0.2, -0.15) is 0 Å². The molecule has 0 aliphatic carbocycles. The summed E-state index contributed by atoms with van der Waals surface area (Å²) in [5.74, 6) is 0.00385. The van der Waals surface area contributed by atoms with Crippen LogP contribution in [-0.4, -0.2) is 42.6 Å². The molecule has 1 amide bonds. The van der Waals surface area contributed by atoms with Crippen molar-refractivity contribution in [3.8, 4) is 0 Å². The smallest absolute Gasteiger partial charge is 0.227 e. The number of carbonyl (C=O) groups excluding carboxylic acids is 1. The Kier molecular flexibility index (Phi) is 5.15. The third-order valence-electron chi connectivity index (χ3n) is 3.85. The molecule has 1 fully saturated rings. The molecule has 1 heterocycles. The lowest BCUT2D eigenvalue weighted by molar-refractivity contribution is -0.147. The Balaban J connectivity index is 2.04. The summed E-state index contributed by atoms with van der Waals surface area (Å²) < 4.78 is 5.58. The first kappa shape index (κ1) is 15.0. The van der Waals surface area contributed by atoms with E-state index in [1.165, 1.54) is 0 Å². The van der Waals surface area contributed by atoms with Gasteiger partial charge in [0.05, 0.1) is 24.7 Å². The van der Waals surface area contributed by atoms with Gasteiger partial charge in [-0.15, -0.1) is 0 Å². The molecule has 1 aliphatic heterocycles. The van der Waals surface area contributed by atoms with Crippen molar-refractivity contribution in [2.45, 2.75) is 32.4 Å². The second kappa shape index (κ2) is 6.86. The van der Waals surface area contributed by atoms with E-state index in [0.717, 1.165) is 5.56 Å². The number of nitrogens with zero attached hydrogens (tertiary/aromatic N) is 1. The SMILES string of the molecule is CC1CN(C(=O)C(CN)Cc2ccccc2)C(C)CO1. The fourth-order valence-electron chi connectivity index (χ4n) is 2.61. The van der Waals surface area contributed by atoms with Crippen molar-refractivity contribution < 1.29 is 9.53 Å². The number of morpholine rings is 1. The molecule has 0 saturated carbocycles. The summed E-state index contributed by atoms with van der Waals surface area (Å²) in [5.41, 5.74) is 6.99. The van der Waals surface area contributed by atoms with E-state index in [1.807, 2.05) is 49.1 Å². The Bertz CT molecular complexity index is 435. The van der Waals surface area contributed by atoms with Gasteiger partial charge in [-0.3, -0.25) is 4.79 Å². The number of hydrogen-bond donors (Lipinski definition) is 1. The highest BCUT2D eigenvalue weighted by Gasteiger charge is 2.31. The van der Waals surface area contributed by atoms with Gasteiger partial charge in [0.1, 0.15) is 0 Å². The van der Waals surface area contributed by atoms with Gasteiger partial charge in [-0.05, 0) is 25.8 Å². The Labute approximate surface area is 120 Å². The zero-order chi connectivity index (χ0) is 14.5. The summed E-state index contributed by atoms with van der Waals surface area (Å²) in [7, 11) is 0. The number of carbonyl (C=O) groups is 1. The van der Waals surface area contributed by atoms with Crippen LogP contribution in [0.4, 0.5) is 0 Å². The minimum absolute atomic E-state index is 0.102. The van der Waals surface area contributed by atoms with E-state index < -0.39 is 0 Å². The lowest BCUT2D eigenvalue weighted by Gasteiger charge is -2.38. The van der Waals surface area contributed by atoms with E-state index in [2.05, 4.69) is 0 Å². The fraction of sp³-hybridized carbons (Fsp3) is 0.562. The molecule has 4 heteroatoms. The van der Waals surface area contributed by atoms with Gasteiger partial charge in [0.15, 0.2) is 0 Å². The highest BCUT2D eigenvalue weighted by atomic mass is 16.5. The molecule has 1 saturated heterocycles. The quantitative estimate of drug-likeness (QED) is 0.905. The second-order valence-corrected chi connectivity index (χ2v) is 5.61. The lowest BCUT2D eigenvalue weighted by atomic mass is 9.97. The van der Waals surface area contributed by atoms with Gasteiger partial charge < -0.3 is 15.4 Å². The summed E-state index contributed by atoms with van der Waals surface area (Å²) in [4.78, 5) is 14.6. The highest BCUT2D eigenvalue weighted by molar-refractivity contribution is 5.80. The highest BCUT2D eigenvalue weighted by Crippen LogP contribution is 2.17. The summed E-state index contributed by atoms with van der Waals surface area (Å²) in [6.45, 7) is 5.67. The Morgan fingerprint density at radius 2 is 2.10 bits per heavy atom. The predicted octanol–water partition coefficient (Wildman–Crippen LogP) is 1.44. The Morgan fingerprint density at radius 3 is 2.75 bits per heavy atom. The molecule has 0 spiro atoms. The van der Waals surface area contributed by atoms with Crippen molar-refractivity contribution in [1.82, 2.24) is 4.90 Å². The number of benzene rings is 1. The Hall–Kier alpha value is -1.39. The van der Waals surface area contributed by atoms with E-state index in [0.29, 0.717) is 26.1 Å². The molecule has 1 aliphatic rings. The summed E-state index contributed by atoms with van der Waals surface area (Å²) in [6, 6.07) is 10.2. The standard InChI is InChI=1S/C16H24N2O2/c1-12-11-20-13(2)10-18(12)16(19)15(9-17)8-14-6-4-3-5-7-14/h3-7,12-13,15H,8-11,17H2,1-2H3. The summed E-state index contributed by atoms with van der Waals surface area (Å²) in [5, 5.41) is 0. The normalized spacial score (nSPS) is 24.4. The molecule has 0 radical (unpaired) electrons. The maximum atomic E-state index is 12.7. The van der Waals surface area contributed by atoms with Gasteiger partial charge in [0.25, 0.3) is 0 Å². The minimum Gasteiger partial charge on any atom is -0.375 e.